The molecule has 4 heteroatoms. The number of hydrogen-bond donors (Lipinski definition) is 1. The second-order valence-corrected chi connectivity index (χ2v) is 10.6. The second kappa shape index (κ2) is 7.45. The number of rotatable bonds is 6. The Morgan fingerprint density at radius 3 is 2.31 bits per heavy atom. The zero-order chi connectivity index (χ0) is 20.8. The molecule has 29 heavy (non-hydrogen) atoms. The van der Waals surface area contributed by atoms with Crippen molar-refractivity contribution >= 4 is 11.8 Å². The molecule has 1 aromatic carbocycles. The summed E-state index contributed by atoms with van der Waals surface area (Å²) in [5.41, 5.74) is 2.72. The molecule has 0 unspecified atom stereocenters. The number of nitrogens with zero attached hydrogens (tertiary/aromatic N) is 1. The van der Waals surface area contributed by atoms with Crippen LogP contribution in [0, 0.1) is 30.1 Å². The zero-order valence-corrected chi connectivity index (χ0v) is 18.5. The van der Waals surface area contributed by atoms with Gasteiger partial charge in [-0.2, -0.15) is 0 Å². The number of aryl methyl sites for hydroxylation is 1. The first-order valence-corrected chi connectivity index (χ1v) is 11.3. The maximum atomic E-state index is 13.6. The van der Waals surface area contributed by atoms with Crippen LogP contribution in [0.15, 0.2) is 24.3 Å². The second-order valence-electron chi connectivity index (χ2n) is 10.6. The van der Waals surface area contributed by atoms with Gasteiger partial charge in [0.25, 0.3) is 0 Å². The molecule has 4 bridgehead atoms. The van der Waals surface area contributed by atoms with Gasteiger partial charge in [0.2, 0.25) is 11.8 Å². The Labute approximate surface area is 175 Å². The van der Waals surface area contributed by atoms with Gasteiger partial charge >= 0.3 is 0 Å². The largest absolute Gasteiger partial charge is 0.354 e. The van der Waals surface area contributed by atoms with Crippen LogP contribution in [0.1, 0.15) is 63.5 Å². The van der Waals surface area contributed by atoms with Gasteiger partial charge in [0.15, 0.2) is 0 Å². The Bertz CT molecular complexity index is 769. The first-order valence-electron chi connectivity index (χ1n) is 11.3. The predicted molar refractivity (Wildman–Crippen MR) is 115 cm³/mol. The fourth-order valence-corrected chi connectivity index (χ4v) is 6.81. The van der Waals surface area contributed by atoms with E-state index in [1.165, 1.54) is 30.4 Å². The number of likely N-dealkylation sites (N-methyl/N-ethyl adjacent to an activating group) is 1. The molecule has 4 saturated carbocycles. The van der Waals surface area contributed by atoms with Gasteiger partial charge in [0.05, 0.1) is 5.41 Å². The van der Waals surface area contributed by atoms with Gasteiger partial charge in [-0.05, 0) is 68.3 Å². The number of benzene rings is 1. The van der Waals surface area contributed by atoms with Crippen molar-refractivity contribution in [3.05, 3.63) is 35.4 Å². The quantitative estimate of drug-likeness (QED) is 0.788. The van der Waals surface area contributed by atoms with E-state index < -0.39 is 0 Å². The molecular weight excluding hydrogens is 360 g/mol. The minimum absolute atomic E-state index is 0.0199. The van der Waals surface area contributed by atoms with Crippen molar-refractivity contribution in [2.75, 3.05) is 20.1 Å². The van der Waals surface area contributed by atoms with Crippen molar-refractivity contribution < 1.29 is 9.59 Å². The molecule has 0 heterocycles. The lowest BCUT2D eigenvalue weighted by Crippen LogP contribution is -2.59. The summed E-state index contributed by atoms with van der Waals surface area (Å²) < 4.78 is 0. The Hall–Kier alpha value is -1.84. The topological polar surface area (TPSA) is 49.4 Å². The van der Waals surface area contributed by atoms with Gasteiger partial charge in [-0.15, -0.1) is 0 Å². The van der Waals surface area contributed by atoms with Crippen LogP contribution in [0.3, 0.4) is 0 Å². The van der Waals surface area contributed by atoms with E-state index in [9.17, 15) is 9.59 Å². The molecule has 4 aliphatic carbocycles. The normalized spacial score (nSPS) is 32.4. The van der Waals surface area contributed by atoms with Crippen LogP contribution >= 0.6 is 0 Å². The Kier molecular flexibility index (Phi) is 5.25. The van der Waals surface area contributed by atoms with Gasteiger partial charge in [0.1, 0.15) is 0 Å². The van der Waals surface area contributed by atoms with Crippen LogP contribution in [-0.4, -0.2) is 36.9 Å². The first kappa shape index (κ1) is 20.4. The summed E-state index contributed by atoms with van der Waals surface area (Å²) in [5, 5.41) is 2.95. The molecule has 0 saturated heterocycles. The smallest absolute Gasteiger partial charge is 0.228 e. The summed E-state index contributed by atoms with van der Waals surface area (Å²) in [6.07, 6.45) is 6.90. The molecule has 158 valence electrons. The summed E-state index contributed by atoms with van der Waals surface area (Å²) in [7, 11) is 1.92. The van der Waals surface area contributed by atoms with Crippen LogP contribution in [0.4, 0.5) is 0 Å². The lowest BCUT2D eigenvalue weighted by Gasteiger charge is -2.62. The average Bonchev–Trinajstić information content (AvgIpc) is 2.66. The molecule has 4 aliphatic rings. The maximum Gasteiger partial charge on any atom is 0.228 e. The summed E-state index contributed by atoms with van der Waals surface area (Å²) in [5.74, 6) is 1.69. The van der Waals surface area contributed by atoms with Crippen LogP contribution in [0.5, 0.6) is 0 Å². The van der Waals surface area contributed by atoms with Gasteiger partial charge in [-0.1, -0.05) is 43.7 Å². The van der Waals surface area contributed by atoms with Crippen molar-refractivity contribution in [3.63, 3.8) is 0 Å². The molecule has 1 N–H and O–H groups in total. The first-order chi connectivity index (χ1) is 13.7. The van der Waals surface area contributed by atoms with Crippen molar-refractivity contribution in [1.29, 1.82) is 0 Å². The van der Waals surface area contributed by atoms with Crippen LogP contribution in [-0.2, 0) is 15.0 Å². The molecule has 0 aromatic heterocycles. The highest BCUT2D eigenvalue weighted by Gasteiger charge is 2.61. The van der Waals surface area contributed by atoms with E-state index in [1.807, 2.05) is 25.8 Å². The van der Waals surface area contributed by atoms with Crippen LogP contribution < -0.4 is 5.32 Å². The van der Waals surface area contributed by atoms with Gasteiger partial charge in [-0.25, -0.2) is 0 Å². The average molecular weight is 397 g/mol. The Morgan fingerprint density at radius 1 is 1.10 bits per heavy atom. The van der Waals surface area contributed by atoms with Crippen LogP contribution in [0.2, 0.25) is 0 Å². The third kappa shape index (κ3) is 3.71. The lowest BCUT2D eigenvalue weighted by molar-refractivity contribution is -0.159. The van der Waals surface area contributed by atoms with Crippen molar-refractivity contribution in [2.24, 2.45) is 23.2 Å². The highest BCUT2D eigenvalue weighted by molar-refractivity contribution is 5.83. The van der Waals surface area contributed by atoms with Gasteiger partial charge in [0, 0.05) is 26.1 Å². The molecule has 5 rings (SSSR count). The molecule has 2 amide bonds. The molecule has 4 nitrogen and oxygen atoms in total. The van der Waals surface area contributed by atoms with E-state index in [-0.39, 0.29) is 22.7 Å². The highest BCUT2D eigenvalue weighted by Crippen LogP contribution is 2.66. The van der Waals surface area contributed by atoms with E-state index in [4.69, 9.17) is 0 Å². The van der Waals surface area contributed by atoms with Gasteiger partial charge in [-0.3, -0.25) is 9.59 Å². The van der Waals surface area contributed by atoms with Gasteiger partial charge < -0.3 is 10.2 Å². The van der Waals surface area contributed by atoms with E-state index in [0.717, 1.165) is 19.3 Å². The van der Waals surface area contributed by atoms with Crippen molar-refractivity contribution in [3.8, 4) is 0 Å². The Morgan fingerprint density at radius 2 is 1.72 bits per heavy atom. The summed E-state index contributed by atoms with van der Waals surface area (Å²) >= 11 is 0. The van der Waals surface area contributed by atoms with E-state index in [2.05, 4.69) is 36.5 Å². The fourth-order valence-electron chi connectivity index (χ4n) is 6.81. The number of amides is 2. The third-order valence-corrected chi connectivity index (χ3v) is 7.80. The molecule has 2 atom stereocenters. The third-order valence-electron chi connectivity index (χ3n) is 7.80. The number of hydrogen-bond acceptors (Lipinski definition) is 2. The lowest BCUT2D eigenvalue weighted by atomic mass is 9.42. The summed E-state index contributed by atoms with van der Waals surface area (Å²) in [6, 6.07) is 9.08. The highest BCUT2D eigenvalue weighted by atomic mass is 16.2. The molecular formula is C25H36N2O2. The summed E-state index contributed by atoms with van der Waals surface area (Å²) in [4.78, 5) is 27.4. The molecule has 1 aromatic rings. The zero-order valence-electron chi connectivity index (χ0n) is 18.5. The molecule has 0 spiro atoms. The minimum Gasteiger partial charge on any atom is -0.354 e. The monoisotopic (exact) mass is 396 g/mol. The van der Waals surface area contributed by atoms with E-state index in [1.54, 1.807) is 0 Å². The molecule has 0 radical (unpaired) electrons. The predicted octanol–water partition coefficient (Wildman–Crippen LogP) is 4.06. The Balaban J connectivity index is 1.50. The number of carbonyl (C=O) groups excluding carboxylic acids is 2. The van der Waals surface area contributed by atoms with E-state index in [0.29, 0.717) is 30.8 Å². The fraction of sp³-hybridized carbons (Fsp3) is 0.680. The van der Waals surface area contributed by atoms with Crippen LogP contribution in [0.25, 0.3) is 0 Å². The SMILES string of the molecule is Cc1ccc(C23C[C@H]4C[C@@H](CC(C(=O)N(C)CCNC(=O)C(C)C)(C4)C2)C3)cc1. The molecule has 4 fully saturated rings. The number of nitrogens with one attached hydrogen (secondary N) is 1. The standard InChI is InChI=1S/C25H36N2O2/c1-17(2)22(28)26-9-10-27(4)23(29)25-14-19-11-20(15-25)13-24(12-19,16-25)21-7-5-18(3)6-8-21/h5-8,17,19-20H,9-16H2,1-4H3,(H,26,28)/t19-,20-,24?,25?/m1/s1. The number of carbonyl (C=O) groups is 2. The summed E-state index contributed by atoms with van der Waals surface area (Å²) in [6.45, 7) is 7.05. The minimum atomic E-state index is -0.203. The van der Waals surface area contributed by atoms with Crippen molar-refractivity contribution in [2.45, 2.75) is 64.7 Å². The van der Waals surface area contributed by atoms with E-state index >= 15 is 0 Å². The maximum absolute atomic E-state index is 13.6. The van der Waals surface area contributed by atoms with Crippen molar-refractivity contribution in [1.82, 2.24) is 10.2 Å². The molecule has 0 aliphatic heterocycles.